The molecule has 0 saturated carbocycles. The SMILES string of the molecule is c1ccc(-c2ccc3cc(-c4ccc(-c5nc(-c6ccccc6)nc(-c6ccc7sc8ccccc8c7c6)n5)cc4)ccc3c2)cc1. The third kappa shape index (κ3) is 5.15. The fourth-order valence-corrected chi connectivity index (χ4v) is 7.35. The Morgan fingerprint density at radius 3 is 1.40 bits per heavy atom. The normalized spacial score (nSPS) is 11.4. The van der Waals surface area contributed by atoms with Crippen molar-refractivity contribution in [3.63, 3.8) is 0 Å². The predicted molar refractivity (Wildman–Crippen MR) is 197 cm³/mol. The average Bonchev–Trinajstić information content (AvgIpc) is 3.53. The van der Waals surface area contributed by atoms with Crippen LogP contribution in [0.2, 0.25) is 0 Å². The highest BCUT2D eigenvalue weighted by Gasteiger charge is 2.14. The van der Waals surface area contributed by atoms with Crippen molar-refractivity contribution in [1.82, 2.24) is 15.0 Å². The van der Waals surface area contributed by atoms with Crippen molar-refractivity contribution in [3.05, 3.63) is 164 Å². The van der Waals surface area contributed by atoms with Gasteiger partial charge in [-0.25, -0.2) is 15.0 Å². The van der Waals surface area contributed by atoms with Crippen molar-refractivity contribution in [3.8, 4) is 56.4 Å². The monoisotopic (exact) mass is 617 g/mol. The molecule has 0 spiro atoms. The Kier molecular flexibility index (Phi) is 6.65. The van der Waals surface area contributed by atoms with Gasteiger partial charge in [0.1, 0.15) is 0 Å². The molecule has 0 N–H and O–H groups in total. The molecule has 220 valence electrons. The average molecular weight is 618 g/mol. The standard InChI is InChI=1S/C43H27N3S/c1-3-9-28(10-4-1)32-19-21-35-26-33(20-22-34(35)25-32)29-15-17-31(18-16-29)42-44-41(30-11-5-2-6-12-30)45-43(46-42)36-23-24-40-38(27-36)37-13-7-8-14-39(37)47-40/h1-27H. The molecule has 47 heavy (non-hydrogen) atoms. The van der Waals surface area contributed by atoms with E-state index in [0.717, 1.165) is 22.3 Å². The van der Waals surface area contributed by atoms with Gasteiger partial charge in [0, 0.05) is 36.9 Å². The first-order chi connectivity index (χ1) is 23.2. The van der Waals surface area contributed by atoms with Crippen molar-refractivity contribution in [2.45, 2.75) is 0 Å². The zero-order valence-corrected chi connectivity index (χ0v) is 26.2. The maximum atomic E-state index is 5.03. The van der Waals surface area contributed by atoms with Crippen LogP contribution in [0.15, 0.2) is 164 Å². The quantitative estimate of drug-likeness (QED) is 0.193. The largest absolute Gasteiger partial charge is 0.208 e. The van der Waals surface area contributed by atoms with Gasteiger partial charge in [-0.2, -0.15) is 0 Å². The third-order valence-electron chi connectivity index (χ3n) is 8.73. The van der Waals surface area contributed by atoms with Gasteiger partial charge in [0.15, 0.2) is 17.5 Å². The molecule has 3 nitrogen and oxygen atoms in total. The molecule has 0 radical (unpaired) electrons. The molecular formula is C43H27N3S. The molecule has 0 saturated heterocycles. The third-order valence-corrected chi connectivity index (χ3v) is 9.88. The van der Waals surface area contributed by atoms with E-state index in [4.69, 9.17) is 15.0 Å². The zero-order chi connectivity index (χ0) is 31.2. The summed E-state index contributed by atoms with van der Waals surface area (Å²) in [5, 5.41) is 4.93. The Bertz CT molecular complexity index is 2550. The number of fused-ring (bicyclic) bond motifs is 4. The summed E-state index contributed by atoms with van der Waals surface area (Å²) in [5.74, 6) is 1.98. The lowest BCUT2D eigenvalue weighted by atomic mass is 9.97. The van der Waals surface area contributed by atoms with Crippen LogP contribution < -0.4 is 0 Å². The van der Waals surface area contributed by atoms with Crippen molar-refractivity contribution >= 4 is 42.3 Å². The summed E-state index contributed by atoms with van der Waals surface area (Å²) < 4.78 is 2.54. The number of hydrogen-bond donors (Lipinski definition) is 0. The predicted octanol–water partition coefficient (Wildman–Crippen LogP) is 11.7. The molecule has 2 aromatic heterocycles. The highest BCUT2D eigenvalue weighted by Crippen LogP contribution is 2.36. The number of thiophene rings is 1. The minimum atomic E-state index is 0.655. The van der Waals surface area contributed by atoms with Crippen LogP contribution in [0.3, 0.4) is 0 Å². The Hall–Kier alpha value is -5.97. The molecule has 7 aromatic carbocycles. The number of hydrogen-bond acceptors (Lipinski definition) is 4. The molecular weight excluding hydrogens is 591 g/mol. The second-order valence-electron chi connectivity index (χ2n) is 11.7. The Labute approximate surface area is 276 Å². The smallest absolute Gasteiger partial charge is 0.164 e. The summed E-state index contributed by atoms with van der Waals surface area (Å²) in [7, 11) is 0. The topological polar surface area (TPSA) is 38.7 Å². The first-order valence-electron chi connectivity index (χ1n) is 15.7. The summed E-state index contributed by atoms with van der Waals surface area (Å²) in [5.41, 5.74) is 7.67. The molecule has 0 atom stereocenters. The van der Waals surface area contributed by atoms with Gasteiger partial charge in [0.25, 0.3) is 0 Å². The second-order valence-corrected chi connectivity index (χ2v) is 12.8. The summed E-state index contributed by atoms with van der Waals surface area (Å²) in [6.45, 7) is 0. The van der Waals surface area contributed by atoms with E-state index in [1.807, 2.05) is 41.7 Å². The fraction of sp³-hybridized carbons (Fsp3) is 0. The molecule has 0 unspecified atom stereocenters. The summed E-state index contributed by atoms with van der Waals surface area (Å²) >= 11 is 1.81. The highest BCUT2D eigenvalue weighted by atomic mass is 32.1. The van der Waals surface area contributed by atoms with Crippen molar-refractivity contribution < 1.29 is 0 Å². The molecule has 9 aromatic rings. The molecule has 9 rings (SSSR count). The van der Waals surface area contributed by atoms with E-state index in [2.05, 4.69) is 133 Å². The maximum Gasteiger partial charge on any atom is 0.164 e. The maximum absolute atomic E-state index is 5.03. The van der Waals surface area contributed by atoms with E-state index >= 15 is 0 Å². The van der Waals surface area contributed by atoms with E-state index < -0.39 is 0 Å². The van der Waals surface area contributed by atoms with Crippen LogP contribution in [0.4, 0.5) is 0 Å². The first kappa shape index (κ1) is 27.3. The van der Waals surface area contributed by atoms with Gasteiger partial charge in [-0.15, -0.1) is 11.3 Å². The van der Waals surface area contributed by atoms with Gasteiger partial charge < -0.3 is 0 Å². The van der Waals surface area contributed by atoms with Gasteiger partial charge >= 0.3 is 0 Å². The second kappa shape index (κ2) is 11.4. The molecule has 0 aliphatic heterocycles. The minimum absolute atomic E-state index is 0.655. The first-order valence-corrected chi connectivity index (χ1v) is 16.5. The van der Waals surface area contributed by atoms with E-state index in [-0.39, 0.29) is 0 Å². The lowest BCUT2D eigenvalue weighted by Gasteiger charge is -2.10. The van der Waals surface area contributed by atoms with Crippen LogP contribution >= 0.6 is 11.3 Å². The number of aromatic nitrogens is 3. The van der Waals surface area contributed by atoms with Crippen LogP contribution in [0, 0.1) is 0 Å². The van der Waals surface area contributed by atoms with Crippen molar-refractivity contribution in [1.29, 1.82) is 0 Å². The van der Waals surface area contributed by atoms with Crippen molar-refractivity contribution in [2.24, 2.45) is 0 Å². The lowest BCUT2D eigenvalue weighted by Crippen LogP contribution is -2.00. The number of nitrogens with zero attached hydrogens (tertiary/aromatic N) is 3. The van der Waals surface area contributed by atoms with E-state index in [0.29, 0.717) is 17.5 Å². The van der Waals surface area contributed by atoms with Gasteiger partial charge in [-0.1, -0.05) is 127 Å². The van der Waals surface area contributed by atoms with Crippen LogP contribution in [-0.2, 0) is 0 Å². The zero-order valence-electron chi connectivity index (χ0n) is 25.3. The molecule has 0 aliphatic carbocycles. The van der Waals surface area contributed by atoms with Crippen LogP contribution in [0.5, 0.6) is 0 Å². The van der Waals surface area contributed by atoms with Crippen molar-refractivity contribution in [2.75, 3.05) is 0 Å². The Morgan fingerprint density at radius 2 is 0.745 bits per heavy atom. The molecule has 0 amide bonds. The van der Waals surface area contributed by atoms with E-state index in [9.17, 15) is 0 Å². The number of benzene rings is 7. The summed E-state index contributed by atoms with van der Waals surface area (Å²) in [4.78, 5) is 15.0. The van der Waals surface area contributed by atoms with E-state index in [1.54, 1.807) is 0 Å². The van der Waals surface area contributed by atoms with Gasteiger partial charge in [0.2, 0.25) is 0 Å². The summed E-state index contributed by atoms with van der Waals surface area (Å²) in [6.07, 6.45) is 0. The molecule has 0 bridgehead atoms. The molecule has 2 heterocycles. The van der Waals surface area contributed by atoms with Gasteiger partial charge in [-0.3, -0.25) is 0 Å². The highest BCUT2D eigenvalue weighted by molar-refractivity contribution is 7.25. The van der Waals surface area contributed by atoms with E-state index in [1.165, 1.54) is 47.6 Å². The lowest BCUT2D eigenvalue weighted by molar-refractivity contribution is 1.07. The Balaban J connectivity index is 1.09. The van der Waals surface area contributed by atoms with Crippen LogP contribution in [0.1, 0.15) is 0 Å². The van der Waals surface area contributed by atoms with Gasteiger partial charge in [-0.05, 0) is 69.4 Å². The molecule has 0 fully saturated rings. The Morgan fingerprint density at radius 1 is 0.298 bits per heavy atom. The fourth-order valence-electron chi connectivity index (χ4n) is 6.26. The summed E-state index contributed by atoms with van der Waals surface area (Å²) in [6, 6.07) is 57.6. The van der Waals surface area contributed by atoms with Crippen LogP contribution in [-0.4, -0.2) is 15.0 Å². The van der Waals surface area contributed by atoms with Gasteiger partial charge in [0.05, 0.1) is 0 Å². The van der Waals surface area contributed by atoms with Crippen LogP contribution in [0.25, 0.3) is 87.4 Å². The number of rotatable bonds is 5. The molecule has 4 heteroatoms. The molecule has 0 aliphatic rings. The minimum Gasteiger partial charge on any atom is -0.208 e.